The van der Waals surface area contributed by atoms with Crippen molar-refractivity contribution in [1.29, 1.82) is 0 Å². The van der Waals surface area contributed by atoms with Crippen LogP contribution in [0.15, 0.2) is 48.5 Å². The predicted octanol–water partition coefficient (Wildman–Crippen LogP) is 5.41. The van der Waals surface area contributed by atoms with E-state index in [0.717, 1.165) is 5.56 Å². The molecule has 0 aliphatic rings. The number of hydrogen-bond acceptors (Lipinski definition) is 2. The monoisotopic (exact) mass is 343 g/mol. The molecule has 3 rings (SSSR count). The van der Waals surface area contributed by atoms with Crippen molar-refractivity contribution in [3.05, 3.63) is 75.4 Å². The number of carbonyl (C=O) groups is 1. The van der Waals surface area contributed by atoms with Crippen molar-refractivity contribution >= 4 is 52.2 Å². The summed E-state index contributed by atoms with van der Waals surface area (Å²) in [4.78, 5) is 15.9. The molecule has 114 valence electrons. The molecule has 2 aromatic carbocycles. The number of para-hydroxylation sites is 1. The molecule has 0 radical (unpaired) electrons. The molecule has 1 aromatic heterocycles. The van der Waals surface area contributed by atoms with Crippen LogP contribution in [-0.4, -0.2) is 16.1 Å². The Bertz CT molecular complexity index is 935. The summed E-state index contributed by atoms with van der Waals surface area (Å²) >= 11 is 12.0. The number of carboxylic acids is 1. The zero-order chi connectivity index (χ0) is 16.4. The number of fused-ring (bicyclic) bond motifs is 1. The smallest absolute Gasteiger partial charge is 0.336 e. The summed E-state index contributed by atoms with van der Waals surface area (Å²) in [6, 6.07) is 13.9. The third-order valence-corrected chi connectivity index (χ3v) is 3.92. The average molecular weight is 344 g/mol. The Balaban J connectivity index is 2.06. The van der Waals surface area contributed by atoms with Crippen molar-refractivity contribution < 1.29 is 9.90 Å². The molecule has 0 saturated heterocycles. The third kappa shape index (κ3) is 3.36. The summed E-state index contributed by atoms with van der Waals surface area (Å²) in [5.74, 6) is -0.984. The zero-order valence-electron chi connectivity index (χ0n) is 11.8. The van der Waals surface area contributed by atoms with Gasteiger partial charge in [-0.1, -0.05) is 53.5 Å². The lowest BCUT2D eigenvalue weighted by Gasteiger charge is -2.04. The van der Waals surface area contributed by atoms with E-state index in [2.05, 4.69) is 4.98 Å². The van der Waals surface area contributed by atoms with Crippen LogP contribution in [0.3, 0.4) is 0 Å². The summed E-state index contributed by atoms with van der Waals surface area (Å²) in [6.07, 6.45) is 3.51. The first kappa shape index (κ1) is 15.5. The Kier molecular flexibility index (Phi) is 4.33. The fraction of sp³-hybridized carbons (Fsp3) is 0. The average Bonchev–Trinajstić information content (AvgIpc) is 2.53. The minimum absolute atomic E-state index is 0.220. The van der Waals surface area contributed by atoms with E-state index >= 15 is 0 Å². The van der Waals surface area contributed by atoms with Gasteiger partial charge in [-0.3, -0.25) is 0 Å². The molecule has 23 heavy (non-hydrogen) atoms. The van der Waals surface area contributed by atoms with E-state index in [1.807, 2.05) is 6.07 Å². The maximum Gasteiger partial charge on any atom is 0.336 e. The first-order chi connectivity index (χ1) is 11.0. The van der Waals surface area contributed by atoms with Gasteiger partial charge in [-0.25, -0.2) is 9.78 Å². The van der Waals surface area contributed by atoms with Gasteiger partial charge in [0.05, 0.1) is 16.8 Å². The highest BCUT2D eigenvalue weighted by Gasteiger charge is 2.10. The van der Waals surface area contributed by atoms with Crippen LogP contribution in [-0.2, 0) is 0 Å². The first-order valence-electron chi connectivity index (χ1n) is 6.81. The Labute approximate surface area is 142 Å². The number of pyridine rings is 1. The quantitative estimate of drug-likeness (QED) is 0.691. The summed E-state index contributed by atoms with van der Waals surface area (Å²) < 4.78 is 0. The number of hydrogen-bond donors (Lipinski definition) is 1. The van der Waals surface area contributed by atoms with Crippen molar-refractivity contribution in [1.82, 2.24) is 4.98 Å². The van der Waals surface area contributed by atoms with Gasteiger partial charge in [0.1, 0.15) is 0 Å². The van der Waals surface area contributed by atoms with Crippen molar-refractivity contribution in [3.63, 3.8) is 0 Å². The molecule has 0 atom stereocenters. The molecule has 0 unspecified atom stereocenters. The van der Waals surface area contributed by atoms with E-state index < -0.39 is 5.97 Å². The van der Waals surface area contributed by atoms with Gasteiger partial charge in [0.15, 0.2) is 0 Å². The van der Waals surface area contributed by atoms with Crippen molar-refractivity contribution in [2.45, 2.75) is 0 Å². The lowest BCUT2D eigenvalue weighted by molar-refractivity contribution is 0.0699. The molecule has 3 aromatic rings. The topological polar surface area (TPSA) is 50.2 Å². The fourth-order valence-electron chi connectivity index (χ4n) is 2.27. The predicted molar refractivity (Wildman–Crippen MR) is 94.1 cm³/mol. The second-order valence-electron chi connectivity index (χ2n) is 4.92. The van der Waals surface area contributed by atoms with E-state index in [4.69, 9.17) is 23.2 Å². The molecular weight excluding hydrogens is 333 g/mol. The SMILES string of the molecule is O=C(O)c1cc(/C=C/c2ccc(Cl)cc2Cl)nc2ccccc12. The van der Waals surface area contributed by atoms with E-state index in [-0.39, 0.29) is 5.56 Å². The largest absolute Gasteiger partial charge is 0.478 e. The molecule has 5 heteroatoms. The normalized spacial score (nSPS) is 11.2. The van der Waals surface area contributed by atoms with Crippen LogP contribution in [0.2, 0.25) is 10.0 Å². The summed E-state index contributed by atoms with van der Waals surface area (Å²) in [7, 11) is 0. The van der Waals surface area contributed by atoms with Gasteiger partial charge in [0, 0.05) is 15.4 Å². The molecule has 0 bridgehead atoms. The van der Waals surface area contributed by atoms with E-state index in [1.54, 1.807) is 54.6 Å². The maximum atomic E-state index is 11.4. The second-order valence-corrected chi connectivity index (χ2v) is 5.76. The van der Waals surface area contributed by atoms with Gasteiger partial charge in [-0.05, 0) is 35.9 Å². The zero-order valence-corrected chi connectivity index (χ0v) is 13.3. The van der Waals surface area contributed by atoms with Crippen LogP contribution in [0.5, 0.6) is 0 Å². The van der Waals surface area contributed by atoms with Gasteiger partial charge >= 0.3 is 5.97 Å². The van der Waals surface area contributed by atoms with Crippen LogP contribution in [0, 0.1) is 0 Å². The molecule has 0 fully saturated rings. The van der Waals surface area contributed by atoms with E-state index in [9.17, 15) is 9.90 Å². The number of aromatic carboxylic acids is 1. The highest BCUT2D eigenvalue weighted by molar-refractivity contribution is 6.35. The minimum atomic E-state index is -0.984. The van der Waals surface area contributed by atoms with Gasteiger partial charge < -0.3 is 5.11 Å². The second kappa shape index (κ2) is 6.41. The molecular formula is C18H11Cl2NO2. The standard InChI is InChI=1S/C18H11Cl2NO2/c19-12-7-5-11(16(20)9-12)6-8-13-10-15(18(22)23)14-3-1-2-4-17(14)21-13/h1-10H,(H,22,23)/b8-6+. The van der Waals surface area contributed by atoms with E-state index in [1.165, 1.54) is 0 Å². The number of rotatable bonds is 3. The highest BCUT2D eigenvalue weighted by Crippen LogP contribution is 2.24. The molecule has 1 heterocycles. The fourth-order valence-corrected chi connectivity index (χ4v) is 2.74. The summed E-state index contributed by atoms with van der Waals surface area (Å²) in [5.41, 5.74) is 2.18. The molecule has 3 nitrogen and oxygen atoms in total. The highest BCUT2D eigenvalue weighted by atomic mass is 35.5. The number of carboxylic acid groups (broad SMARTS) is 1. The minimum Gasteiger partial charge on any atom is -0.478 e. The lowest BCUT2D eigenvalue weighted by atomic mass is 10.1. The molecule has 0 saturated carbocycles. The molecule has 0 amide bonds. The van der Waals surface area contributed by atoms with Crippen molar-refractivity contribution in [2.75, 3.05) is 0 Å². The van der Waals surface area contributed by atoms with Crippen LogP contribution in [0.1, 0.15) is 21.6 Å². The number of nitrogens with zero attached hydrogens (tertiary/aromatic N) is 1. The Hall–Kier alpha value is -2.36. The third-order valence-electron chi connectivity index (χ3n) is 3.36. The van der Waals surface area contributed by atoms with Crippen LogP contribution in [0.25, 0.3) is 23.1 Å². The Morgan fingerprint density at radius 1 is 1.04 bits per heavy atom. The summed E-state index contributed by atoms with van der Waals surface area (Å²) in [6.45, 7) is 0. The maximum absolute atomic E-state index is 11.4. The first-order valence-corrected chi connectivity index (χ1v) is 7.56. The van der Waals surface area contributed by atoms with Crippen LogP contribution >= 0.6 is 23.2 Å². The molecule has 0 aliphatic heterocycles. The van der Waals surface area contributed by atoms with E-state index in [0.29, 0.717) is 26.6 Å². The van der Waals surface area contributed by atoms with Gasteiger partial charge in [0.2, 0.25) is 0 Å². The molecule has 1 N–H and O–H groups in total. The van der Waals surface area contributed by atoms with Gasteiger partial charge in [0.25, 0.3) is 0 Å². The van der Waals surface area contributed by atoms with Crippen LogP contribution < -0.4 is 0 Å². The molecule has 0 spiro atoms. The summed E-state index contributed by atoms with van der Waals surface area (Å²) in [5, 5.41) is 11.1. The van der Waals surface area contributed by atoms with Crippen molar-refractivity contribution in [3.8, 4) is 0 Å². The lowest BCUT2D eigenvalue weighted by Crippen LogP contribution is -2.00. The van der Waals surface area contributed by atoms with Gasteiger partial charge in [-0.2, -0.15) is 0 Å². The Morgan fingerprint density at radius 3 is 2.57 bits per heavy atom. The van der Waals surface area contributed by atoms with Crippen LogP contribution in [0.4, 0.5) is 0 Å². The Morgan fingerprint density at radius 2 is 1.83 bits per heavy atom. The number of benzene rings is 2. The molecule has 0 aliphatic carbocycles. The number of halogens is 2. The number of aromatic nitrogens is 1. The van der Waals surface area contributed by atoms with Gasteiger partial charge in [-0.15, -0.1) is 0 Å². The van der Waals surface area contributed by atoms with Crippen molar-refractivity contribution in [2.24, 2.45) is 0 Å².